The molecule has 2 aromatic carbocycles. The van der Waals surface area contributed by atoms with Crippen molar-refractivity contribution in [1.29, 1.82) is 0 Å². The molecule has 2 aromatic heterocycles. The second kappa shape index (κ2) is 18.2. The van der Waals surface area contributed by atoms with Crippen molar-refractivity contribution in [2.75, 3.05) is 45.2 Å². The lowest BCUT2D eigenvalue weighted by Crippen LogP contribution is -2.57. The Balaban J connectivity index is 1.18. The first-order valence-electron chi connectivity index (χ1n) is 20.9. The zero-order valence-corrected chi connectivity index (χ0v) is 41.1. The Morgan fingerprint density at radius 2 is 1.52 bits per heavy atom. The molecule has 336 valence electrons. The summed E-state index contributed by atoms with van der Waals surface area (Å²) in [5.41, 5.74) is 2.10. The molecule has 0 radical (unpaired) electrons. The molecule has 2 aliphatic rings. The standard InChI is InChI=1S/C45H59Cl2F3N6O4Si2/c1-43(2,3)61(8,9)59-21-20-55-19-18-31-33(45(48,49)50)22-35(52-37(31)26-55)41(57)53-34-17-13-15-30(40(34)47)29-14-12-16-32(39(29)46)36-23-51-38(42(54-36)58-7)27-56-24-28(25-56)60-62(10,11)44(4,5)6/h12-17,22-23,28H,18-21,24-27H2,1-11H3,(H,53,57). The maximum atomic E-state index is 14.5. The Kier molecular flexibility index (Phi) is 14.1. The van der Waals surface area contributed by atoms with Gasteiger partial charge in [-0.25, -0.2) is 9.97 Å². The van der Waals surface area contributed by atoms with Crippen molar-refractivity contribution < 1.29 is 31.6 Å². The molecule has 1 saturated heterocycles. The SMILES string of the molecule is COc1nc(-c2cccc(-c3cccc(NC(=O)c4cc(C(F)(F)F)c5c(n4)CN(CCO[Si](C)(C)C(C)(C)C)CC5)c3Cl)c2Cl)cnc1CN1CC(O[Si](C)(C)C(C)(C)C)C1. The van der Waals surface area contributed by atoms with Crippen LogP contribution in [-0.4, -0.2) is 93.3 Å². The third kappa shape index (κ3) is 10.6. The highest BCUT2D eigenvalue weighted by Gasteiger charge is 2.43. The fourth-order valence-corrected chi connectivity index (χ4v) is 10.1. The number of aromatic nitrogens is 3. The Labute approximate surface area is 376 Å². The number of amides is 1. The summed E-state index contributed by atoms with van der Waals surface area (Å²) in [4.78, 5) is 32.0. The molecule has 0 saturated carbocycles. The quantitative estimate of drug-likeness (QED) is 0.131. The van der Waals surface area contributed by atoms with Crippen molar-refractivity contribution in [2.45, 2.75) is 110 Å². The van der Waals surface area contributed by atoms with Crippen molar-refractivity contribution in [3.63, 3.8) is 0 Å². The zero-order valence-electron chi connectivity index (χ0n) is 37.6. The van der Waals surface area contributed by atoms with Gasteiger partial charge in [0.25, 0.3) is 5.91 Å². The molecule has 10 nitrogen and oxygen atoms in total. The molecule has 4 aromatic rings. The number of hydrogen-bond donors (Lipinski definition) is 1. The van der Waals surface area contributed by atoms with Crippen LogP contribution in [0.25, 0.3) is 22.4 Å². The van der Waals surface area contributed by atoms with E-state index < -0.39 is 34.3 Å². The van der Waals surface area contributed by atoms with Gasteiger partial charge in [-0.2, -0.15) is 13.2 Å². The average molecular weight is 932 g/mol. The topological polar surface area (TPSA) is 102 Å². The van der Waals surface area contributed by atoms with Crippen molar-refractivity contribution in [1.82, 2.24) is 24.8 Å². The lowest BCUT2D eigenvalue weighted by atomic mass is 9.97. The van der Waals surface area contributed by atoms with E-state index in [2.05, 4.69) is 82.9 Å². The van der Waals surface area contributed by atoms with Gasteiger partial charge >= 0.3 is 6.18 Å². The van der Waals surface area contributed by atoms with Gasteiger partial charge < -0.3 is 18.9 Å². The van der Waals surface area contributed by atoms with E-state index in [1.807, 2.05) is 11.0 Å². The minimum absolute atomic E-state index is 0.0307. The predicted molar refractivity (Wildman–Crippen MR) is 246 cm³/mol. The van der Waals surface area contributed by atoms with Crippen LogP contribution in [0.5, 0.6) is 5.88 Å². The molecule has 1 fully saturated rings. The second-order valence-corrected chi connectivity index (χ2v) is 29.6. The van der Waals surface area contributed by atoms with Crippen LogP contribution in [0.15, 0.2) is 48.7 Å². The van der Waals surface area contributed by atoms with E-state index >= 15 is 0 Å². The first kappa shape index (κ1) is 48.0. The number of ether oxygens (including phenoxy) is 1. The number of fused-ring (bicyclic) bond motifs is 1. The monoisotopic (exact) mass is 930 g/mol. The van der Waals surface area contributed by atoms with Crippen LogP contribution in [0, 0.1) is 0 Å². The van der Waals surface area contributed by atoms with Crippen LogP contribution < -0.4 is 10.1 Å². The summed E-state index contributed by atoms with van der Waals surface area (Å²) in [5.74, 6) is -0.441. The number of carbonyl (C=O) groups excluding carboxylic acids is 1. The average Bonchev–Trinajstić information content (AvgIpc) is 3.16. The molecule has 0 spiro atoms. The molecule has 0 unspecified atom stereocenters. The van der Waals surface area contributed by atoms with Crippen LogP contribution in [-0.2, 0) is 34.5 Å². The van der Waals surface area contributed by atoms with Gasteiger partial charge in [0.1, 0.15) is 11.4 Å². The molecule has 6 rings (SSSR count). The normalized spacial score (nSPS) is 15.9. The highest BCUT2D eigenvalue weighted by molar-refractivity contribution is 6.74. The number of likely N-dealkylation sites (tertiary alicyclic amines) is 1. The van der Waals surface area contributed by atoms with Crippen LogP contribution in [0.3, 0.4) is 0 Å². The highest BCUT2D eigenvalue weighted by atomic mass is 35.5. The summed E-state index contributed by atoms with van der Waals surface area (Å²) in [5, 5.41) is 3.36. The van der Waals surface area contributed by atoms with Crippen LogP contribution >= 0.6 is 23.2 Å². The number of carbonyl (C=O) groups is 1. The zero-order chi connectivity index (χ0) is 45.6. The van der Waals surface area contributed by atoms with Crippen molar-refractivity contribution in [2.24, 2.45) is 0 Å². The molecular formula is C45H59Cl2F3N6O4Si2. The summed E-state index contributed by atoms with van der Waals surface area (Å²) >= 11 is 14.0. The minimum Gasteiger partial charge on any atom is -0.480 e. The van der Waals surface area contributed by atoms with Crippen molar-refractivity contribution in [3.05, 3.63) is 86.9 Å². The third-order valence-corrected chi connectivity index (χ3v) is 22.7. The van der Waals surface area contributed by atoms with Gasteiger partial charge in [0.2, 0.25) is 5.88 Å². The molecule has 17 heteroatoms. The molecule has 1 amide bonds. The van der Waals surface area contributed by atoms with Gasteiger partial charge in [0.05, 0.1) is 52.1 Å². The van der Waals surface area contributed by atoms with Gasteiger partial charge in [0, 0.05) is 62.6 Å². The van der Waals surface area contributed by atoms with Gasteiger partial charge in [-0.15, -0.1) is 0 Å². The van der Waals surface area contributed by atoms with E-state index in [-0.39, 0.29) is 56.8 Å². The lowest BCUT2D eigenvalue weighted by molar-refractivity contribution is -0.138. The number of nitrogens with one attached hydrogen (secondary N) is 1. The number of halogens is 5. The van der Waals surface area contributed by atoms with Gasteiger partial charge in [-0.1, -0.05) is 95.1 Å². The summed E-state index contributed by atoms with van der Waals surface area (Å²) in [6, 6.07) is 11.2. The van der Waals surface area contributed by atoms with E-state index in [4.69, 9.17) is 46.8 Å². The minimum atomic E-state index is -4.68. The summed E-state index contributed by atoms with van der Waals surface area (Å²) in [6.45, 7) is 25.8. The summed E-state index contributed by atoms with van der Waals surface area (Å²) < 4.78 is 62.0. The number of pyridine rings is 1. The van der Waals surface area contributed by atoms with E-state index in [9.17, 15) is 18.0 Å². The first-order chi connectivity index (χ1) is 28.8. The maximum Gasteiger partial charge on any atom is 0.416 e. The second-order valence-electron chi connectivity index (χ2n) is 19.3. The number of hydrogen-bond acceptors (Lipinski definition) is 9. The molecular weight excluding hydrogens is 873 g/mol. The van der Waals surface area contributed by atoms with E-state index in [1.54, 1.807) is 43.6 Å². The molecule has 0 bridgehead atoms. The number of methoxy groups -OCH3 is 1. The first-order valence-corrected chi connectivity index (χ1v) is 27.5. The molecule has 0 atom stereocenters. The van der Waals surface area contributed by atoms with Crippen LogP contribution in [0.2, 0.25) is 46.3 Å². The molecule has 0 aliphatic carbocycles. The third-order valence-electron chi connectivity index (χ3n) is 12.9. The molecule has 2 aliphatic heterocycles. The molecule has 4 heterocycles. The van der Waals surface area contributed by atoms with Gasteiger partial charge in [-0.05, 0) is 60.4 Å². The summed E-state index contributed by atoms with van der Waals surface area (Å²) in [7, 11) is -2.32. The Morgan fingerprint density at radius 3 is 2.15 bits per heavy atom. The fourth-order valence-electron chi connectivity index (χ4n) is 7.09. The highest BCUT2D eigenvalue weighted by Crippen LogP contribution is 2.43. The maximum absolute atomic E-state index is 14.5. The number of alkyl halides is 3. The number of rotatable bonds is 13. The molecule has 62 heavy (non-hydrogen) atoms. The smallest absolute Gasteiger partial charge is 0.416 e. The van der Waals surface area contributed by atoms with Crippen molar-refractivity contribution >= 4 is 51.4 Å². The fraction of sp³-hybridized carbons (Fsp3) is 0.511. The Morgan fingerprint density at radius 1 is 0.887 bits per heavy atom. The van der Waals surface area contributed by atoms with Crippen LogP contribution in [0.1, 0.15) is 74.5 Å². The van der Waals surface area contributed by atoms with E-state index in [1.165, 1.54) is 0 Å². The summed E-state index contributed by atoms with van der Waals surface area (Å²) in [6.07, 6.45) is -2.68. The Bertz CT molecular complexity index is 2300. The van der Waals surface area contributed by atoms with Crippen LogP contribution in [0.4, 0.5) is 18.9 Å². The van der Waals surface area contributed by atoms with E-state index in [0.29, 0.717) is 65.2 Å². The number of benzene rings is 2. The molecule has 1 N–H and O–H groups in total. The van der Waals surface area contributed by atoms with Gasteiger partial charge in [0.15, 0.2) is 16.6 Å². The largest absolute Gasteiger partial charge is 0.480 e. The number of anilines is 1. The lowest BCUT2D eigenvalue weighted by Gasteiger charge is -2.46. The number of nitrogens with zero attached hydrogens (tertiary/aromatic N) is 5. The van der Waals surface area contributed by atoms with Gasteiger partial charge in [-0.3, -0.25) is 19.6 Å². The van der Waals surface area contributed by atoms with Crippen molar-refractivity contribution in [3.8, 4) is 28.3 Å². The Hall–Kier alpha value is -3.42. The van der Waals surface area contributed by atoms with E-state index in [0.717, 1.165) is 19.2 Å². The predicted octanol–water partition coefficient (Wildman–Crippen LogP) is 11.4.